The molecular weight excluding hydrogens is 252 g/mol. The van der Waals surface area contributed by atoms with Crippen LogP contribution in [0.3, 0.4) is 0 Å². The average Bonchev–Trinajstić information content (AvgIpc) is 3.28. The van der Waals surface area contributed by atoms with Crippen LogP contribution in [-0.2, 0) is 0 Å². The number of allylic oxidation sites excluding steroid dienone is 1. The quantitative estimate of drug-likeness (QED) is 0.546. The minimum Gasteiger partial charge on any atom is -0.0683 e. The lowest BCUT2D eigenvalue weighted by Crippen LogP contribution is -2.04. The second kappa shape index (κ2) is 9.82. The monoisotopic (exact) mass is 288 g/mol. The van der Waals surface area contributed by atoms with Crippen LogP contribution in [0.5, 0.6) is 0 Å². The first-order valence-electron chi connectivity index (χ1n) is 8.88. The molecule has 1 aliphatic rings. The lowest BCUT2D eigenvalue weighted by atomic mass is 9.88. The molecule has 0 heteroatoms. The van der Waals surface area contributed by atoms with Gasteiger partial charge in [0.15, 0.2) is 0 Å². The van der Waals surface area contributed by atoms with Crippen molar-refractivity contribution < 1.29 is 0 Å². The molecule has 1 aromatic rings. The third kappa shape index (κ3) is 4.73. The molecule has 1 aliphatic carbocycles. The molecule has 0 bridgehead atoms. The van der Waals surface area contributed by atoms with Gasteiger partial charge in [-0.25, -0.2) is 0 Å². The summed E-state index contributed by atoms with van der Waals surface area (Å²) in [5.41, 5.74) is 4.88. The van der Waals surface area contributed by atoms with Gasteiger partial charge in [0.05, 0.1) is 0 Å². The van der Waals surface area contributed by atoms with E-state index in [9.17, 15) is 0 Å². The highest BCUT2D eigenvalue weighted by molar-refractivity contribution is 5.58. The Morgan fingerprint density at radius 2 is 1.71 bits per heavy atom. The standard InChI is InChI=1S/C17H24.2C2H6/c1-5-16-12-17(16,6-2)14(4)11-15-10-8-7-9-13(15)3;2*1-2/h7-11,16H,5-6,12H2,1-4H3;2*1-2H3/b14-11+;;. The summed E-state index contributed by atoms with van der Waals surface area (Å²) in [6.07, 6.45) is 6.43. The van der Waals surface area contributed by atoms with Crippen LogP contribution in [0.1, 0.15) is 78.9 Å². The van der Waals surface area contributed by atoms with Gasteiger partial charge in [0, 0.05) is 0 Å². The highest BCUT2D eigenvalue weighted by Crippen LogP contribution is 2.61. The molecule has 0 amide bonds. The maximum absolute atomic E-state index is 2.41. The molecule has 0 saturated heterocycles. The van der Waals surface area contributed by atoms with Crippen molar-refractivity contribution in [3.05, 3.63) is 41.0 Å². The molecule has 0 radical (unpaired) electrons. The van der Waals surface area contributed by atoms with Crippen LogP contribution in [0.25, 0.3) is 6.08 Å². The number of rotatable bonds is 4. The lowest BCUT2D eigenvalue weighted by Gasteiger charge is -2.16. The normalized spacial score (nSPS) is 23.4. The van der Waals surface area contributed by atoms with Crippen molar-refractivity contribution in [1.82, 2.24) is 0 Å². The maximum Gasteiger partial charge on any atom is -0.00587 e. The van der Waals surface area contributed by atoms with Gasteiger partial charge < -0.3 is 0 Å². The summed E-state index contributed by atoms with van der Waals surface area (Å²) < 4.78 is 0. The SMILES string of the molecule is CC.CC.CCC1CC1(CC)/C(C)=C/c1ccccc1C. The number of hydrogen-bond donors (Lipinski definition) is 0. The topological polar surface area (TPSA) is 0 Å². The molecule has 2 unspecified atom stereocenters. The molecule has 0 spiro atoms. The van der Waals surface area contributed by atoms with E-state index in [-0.39, 0.29) is 0 Å². The Labute approximate surface area is 133 Å². The van der Waals surface area contributed by atoms with E-state index in [2.05, 4.69) is 58.0 Å². The summed E-state index contributed by atoms with van der Waals surface area (Å²) in [6, 6.07) is 8.67. The van der Waals surface area contributed by atoms with Crippen LogP contribution in [0.2, 0.25) is 0 Å². The van der Waals surface area contributed by atoms with Crippen LogP contribution in [0, 0.1) is 18.3 Å². The van der Waals surface area contributed by atoms with Crippen LogP contribution >= 0.6 is 0 Å². The van der Waals surface area contributed by atoms with Gasteiger partial charge in [-0.3, -0.25) is 0 Å². The summed E-state index contributed by atoms with van der Waals surface area (Å²) in [5, 5.41) is 0. The molecule has 120 valence electrons. The van der Waals surface area contributed by atoms with Gasteiger partial charge in [-0.2, -0.15) is 0 Å². The van der Waals surface area contributed by atoms with Crippen LogP contribution < -0.4 is 0 Å². The van der Waals surface area contributed by atoms with Crippen molar-refractivity contribution in [2.24, 2.45) is 11.3 Å². The third-order valence-electron chi connectivity index (χ3n) is 4.70. The van der Waals surface area contributed by atoms with E-state index in [1.807, 2.05) is 27.7 Å². The smallest absolute Gasteiger partial charge is 0.00587 e. The van der Waals surface area contributed by atoms with E-state index in [0.29, 0.717) is 5.41 Å². The minimum atomic E-state index is 0.525. The summed E-state index contributed by atoms with van der Waals surface area (Å²) in [4.78, 5) is 0. The first-order chi connectivity index (χ1) is 10.1. The van der Waals surface area contributed by atoms with Crippen LogP contribution in [-0.4, -0.2) is 0 Å². The Bertz CT molecular complexity index is 427. The van der Waals surface area contributed by atoms with Crippen LogP contribution in [0.15, 0.2) is 29.8 Å². The van der Waals surface area contributed by atoms with Gasteiger partial charge >= 0.3 is 0 Å². The zero-order valence-electron chi connectivity index (χ0n) is 15.6. The van der Waals surface area contributed by atoms with E-state index in [1.165, 1.54) is 30.4 Å². The zero-order chi connectivity index (χ0) is 16.5. The van der Waals surface area contributed by atoms with Crippen molar-refractivity contribution in [1.29, 1.82) is 0 Å². The Morgan fingerprint density at radius 3 is 2.14 bits per heavy atom. The Morgan fingerprint density at radius 1 is 1.14 bits per heavy atom. The van der Waals surface area contributed by atoms with Crippen LogP contribution in [0.4, 0.5) is 0 Å². The fourth-order valence-corrected chi connectivity index (χ4v) is 3.24. The molecule has 2 atom stereocenters. The van der Waals surface area contributed by atoms with Gasteiger partial charge in [0.1, 0.15) is 0 Å². The van der Waals surface area contributed by atoms with E-state index >= 15 is 0 Å². The molecule has 0 nitrogen and oxygen atoms in total. The third-order valence-corrected chi connectivity index (χ3v) is 4.70. The first-order valence-corrected chi connectivity index (χ1v) is 8.88. The molecule has 1 aromatic carbocycles. The van der Waals surface area contributed by atoms with Crippen molar-refractivity contribution in [2.45, 2.75) is 74.7 Å². The second-order valence-corrected chi connectivity index (χ2v) is 5.50. The molecular formula is C21H36. The van der Waals surface area contributed by atoms with Gasteiger partial charge in [0.2, 0.25) is 0 Å². The zero-order valence-corrected chi connectivity index (χ0v) is 15.6. The van der Waals surface area contributed by atoms with Crippen molar-refractivity contribution >= 4 is 6.08 Å². The molecule has 0 N–H and O–H groups in total. The van der Waals surface area contributed by atoms with E-state index in [0.717, 1.165) is 5.92 Å². The van der Waals surface area contributed by atoms with Crippen molar-refractivity contribution in [3.8, 4) is 0 Å². The van der Waals surface area contributed by atoms with Gasteiger partial charge in [-0.05, 0) is 49.1 Å². The fourth-order valence-electron chi connectivity index (χ4n) is 3.24. The number of aryl methyl sites for hydroxylation is 1. The van der Waals surface area contributed by atoms with E-state index in [4.69, 9.17) is 0 Å². The maximum atomic E-state index is 2.41. The highest BCUT2D eigenvalue weighted by Gasteiger charge is 2.51. The molecule has 1 fully saturated rings. The summed E-state index contributed by atoms with van der Waals surface area (Å²) in [7, 11) is 0. The fraction of sp³-hybridized carbons (Fsp3) is 0.619. The predicted octanol–water partition coefficient (Wildman–Crippen LogP) is 7.28. The van der Waals surface area contributed by atoms with Gasteiger partial charge in [-0.15, -0.1) is 0 Å². The summed E-state index contributed by atoms with van der Waals surface area (Å²) in [5.74, 6) is 0.924. The Hall–Kier alpha value is -1.04. The number of benzene rings is 1. The van der Waals surface area contributed by atoms with E-state index < -0.39 is 0 Å². The largest absolute Gasteiger partial charge is 0.0683 e. The highest BCUT2D eigenvalue weighted by atomic mass is 14.6. The molecule has 2 rings (SSSR count). The summed E-state index contributed by atoms with van der Waals surface area (Å²) >= 11 is 0. The number of hydrogen-bond acceptors (Lipinski definition) is 0. The summed E-state index contributed by atoms with van der Waals surface area (Å²) in [6.45, 7) is 17.2. The van der Waals surface area contributed by atoms with Gasteiger partial charge in [-0.1, -0.05) is 83.9 Å². The van der Waals surface area contributed by atoms with E-state index in [1.54, 1.807) is 5.57 Å². The molecule has 21 heavy (non-hydrogen) atoms. The molecule has 0 heterocycles. The first kappa shape index (κ1) is 20.0. The lowest BCUT2D eigenvalue weighted by molar-refractivity contribution is 0.509. The molecule has 1 saturated carbocycles. The minimum absolute atomic E-state index is 0.525. The Kier molecular flexibility index (Phi) is 9.33. The average molecular weight is 289 g/mol. The molecule has 0 aromatic heterocycles. The predicted molar refractivity (Wildman–Crippen MR) is 98.6 cm³/mol. The molecule has 0 aliphatic heterocycles. The van der Waals surface area contributed by atoms with Gasteiger partial charge in [0.25, 0.3) is 0 Å². The second-order valence-electron chi connectivity index (χ2n) is 5.50. The Balaban J connectivity index is 0.000000921. The van der Waals surface area contributed by atoms with Crippen molar-refractivity contribution in [3.63, 3.8) is 0 Å². The van der Waals surface area contributed by atoms with Crippen molar-refractivity contribution in [2.75, 3.05) is 0 Å².